The molecule has 4 aromatic heterocycles. The van der Waals surface area contributed by atoms with Gasteiger partial charge in [-0.3, -0.25) is 29.1 Å². The topological polar surface area (TPSA) is 122 Å². The van der Waals surface area contributed by atoms with Crippen molar-refractivity contribution in [2.75, 3.05) is 25.0 Å². The van der Waals surface area contributed by atoms with E-state index in [4.69, 9.17) is 0 Å². The summed E-state index contributed by atoms with van der Waals surface area (Å²) in [6.45, 7) is 8.65. The quantitative estimate of drug-likeness (QED) is 0.399. The summed E-state index contributed by atoms with van der Waals surface area (Å²) < 4.78 is 3.31. The van der Waals surface area contributed by atoms with Crippen LogP contribution in [0.25, 0.3) is 16.8 Å². The molecule has 0 aliphatic carbocycles. The maximum Gasteiger partial charge on any atom is 0.259 e. The Morgan fingerprint density at radius 2 is 1.89 bits per heavy atom. The first kappa shape index (κ1) is 24.6. The number of likely N-dealkylation sites (tertiary alicyclic amines) is 1. The smallest absolute Gasteiger partial charge is 0.259 e. The fourth-order valence-corrected chi connectivity index (χ4v) is 4.72. The molecule has 0 aromatic carbocycles. The fraction of sp³-hybridized carbons (Fsp3) is 0.385. The van der Waals surface area contributed by atoms with E-state index in [1.54, 1.807) is 40.8 Å². The second-order valence-corrected chi connectivity index (χ2v) is 10.0. The van der Waals surface area contributed by atoms with Crippen molar-refractivity contribution in [1.82, 2.24) is 39.6 Å². The number of fused-ring (bicyclic) bond motifs is 1. The number of hydrogen-bond acceptors (Lipinski definition) is 7. The molecular weight excluding hydrogens is 470 g/mol. The standard InChI is InChI=1S/C26H31N9O2/c1-17-21(10-18(11-28-17)24(36)27-7-9-34-8-5-6-26(34,2)3)32-25(37)20-13-31-35-16-22(29-14-23(20)35)19-12-30-33(4)15-19/h10-16H,5-9H2,1-4H3,(H,27,36)(H,32,37). The molecular formula is C26H31N9O2. The van der Waals surface area contributed by atoms with E-state index >= 15 is 0 Å². The Labute approximate surface area is 214 Å². The van der Waals surface area contributed by atoms with Crippen molar-refractivity contribution < 1.29 is 9.59 Å². The van der Waals surface area contributed by atoms with Crippen LogP contribution in [0, 0.1) is 6.92 Å². The molecule has 0 radical (unpaired) electrons. The van der Waals surface area contributed by atoms with Gasteiger partial charge in [0.05, 0.1) is 58.5 Å². The zero-order valence-corrected chi connectivity index (χ0v) is 21.5. The third kappa shape index (κ3) is 5.08. The Morgan fingerprint density at radius 3 is 2.62 bits per heavy atom. The molecule has 11 nitrogen and oxygen atoms in total. The summed E-state index contributed by atoms with van der Waals surface area (Å²) in [6, 6.07) is 1.65. The number of pyridine rings is 1. The summed E-state index contributed by atoms with van der Waals surface area (Å²) in [5.41, 5.74) is 4.12. The summed E-state index contributed by atoms with van der Waals surface area (Å²) >= 11 is 0. The summed E-state index contributed by atoms with van der Waals surface area (Å²) in [5, 5.41) is 14.3. The van der Waals surface area contributed by atoms with Crippen LogP contribution in [0.5, 0.6) is 0 Å². The van der Waals surface area contributed by atoms with Gasteiger partial charge >= 0.3 is 0 Å². The van der Waals surface area contributed by atoms with E-state index < -0.39 is 0 Å². The van der Waals surface area contributed by atoms with Crippen LogP contribution >= 0.6 is 0 Å². The first-order chi connectivity index (χ1) is 17.7. The SMILES string of the molecule is Cc1ncc(C(=O)NCCN2CCCC2(C)C)cc1NC(=O)c1cnn2cc(-c3cnn(C)c3)ncc12. The molecule has 37 heavy (non-hydrogen) atoms. The summed E-state index contributed by atoms with van der Waals surface area (Å²) in [6.07, 6.45) is 12.3. The number of rotatable bonds is 7. The fourth-order valence-electron chi connectivity index (χ4n) is 4.72. The van der Waals surface area contributed by atoms with E-state index in [0.717, 1.165) is 18.7 Å². The minimum atomic E-state index is -0.357. The van der Waals surface area contributed by atoms with Gasteiger partial charge in [-0.2, -0.15) is 10.2 Å². The zero-order valence-electron chi connectivity index (χ0n) is 21.5. The zero-order chi connectivity index (χ0) is 26.2. The van der Waals surface area contributed by atoms with Gasteiger partial charge in [0.2, 0.25) is 0 Å². The third-order valence-electron chi connectivity index (χ3n) is 6.99. The lowest BCUT2D eigenvalue weighted by Gasteiger charge is -2.31. The molecule has 1 fully saturated rings. The van der Waals surface area contributed by atoms with Crippen LogP contribution in [-0.2, 0) is 7.05 Å². The Balaban J connectivity index is 1.27. The van der Waals surface area contributed by atoms with Crippen molar-refractivity contribution in [2.45, 2.75) is 39.2 Å². The predicted molar refractivity (Wildman–Crippen MR) is 139 cm³/mol. The number of carbonyl (C=O) groups excluding carboxylic acids is 2. The molecule has 0 saturated carbocycles. The number of aromatic nitrogens is 6. The molecule has 4 aromatic rings. The second kappa shape index (κ2) is 9.74. The number of nitrogens with zero attached hydrogens (tertiary/aromatic N) is 7. The van der Waals surface area contributed by atoms with E-state index in [2.05, 4.69) is 49.5 Å². The lowest BCUT2D eigenvalue weighted by atomic mass is 10.0. The maximum atomic E-state index is 13.1. The molecule has 0 bridgehead atoms. The minimum Gasteiger partial charge on any atom is -0.351 e. The van der Waals surface area contributed by atoms with Crippen molar-refractivity contribution in [3.05, 3.63) is 60.1 Å². The van der Waals surface area contributed by atoms with Crippen molar-refractivity contribution >= 4 is 23.0 Å². The van der Waals surface area contributed by atoms with Crippen LogP contribution in [0.2, 0.25) is 0 Å². The van der Waals surface area contributed by atoms with Crippen LogP contribution in [0.15, 0.2) is 43.2 Å². The molecule has 1 saturated heterocycles. The molecule has 2 N–H and O–H groups in total. The first-order valence-corrected chi connectivity index (χ1v) is 12.3. The Morgan fingerprint density at radius 1 is 1.05 bits per heavy atom. The van der Waals surface area contributed by atoms with Crippen LogP contribution in [0.3, 0.4) is 0 Å². The van der Waals surface area contributed by atoms with Crippen LogP contribution < -0.4 is 10.6 Å². The second-order valence-electron chi connectivity index (χ2n) is 10.0. The van der Waals surface area contributed by atoms with Gasteiger partial charge in [0.25, 0.3) is 11.8 Å². The number of aryl methyl sites for hydroxylation is 2. The monoisotopic (exact) mass is 501 g/mol. The third-order valence-corrected chi connectivity index (χ3v) is 6.99. The van der Waals surface area contributed by atoms with E-state index in [-0.39, 0.29) is 17.4 Å². The number of amides is 2. The highest BCUT2D eigenvalue weighted by atomic mass is 16.2. The number of anilines is 1. The normalized spacial score (nSPS) is 15.2. The van der Waals surface area contributed by atoms with Crippen molar-refractivity contribution in [3.63, 3.8) is 0 Å². The molecule has 192 valence electrons. The molecule has 11 heteroatoms. The molecule has 5 heterocycles. The highest BCUT2D eigenvalue weighted by Gasteiger charge is 2.31. The minimum absolute atomic E-state index is 0.168. The molecule has 1 aliphatic heterocycles. The van der Waals surface area contributed by atoms with E-state index in [9.17, 15) is 9.59 Å². The van der Waals surface area contributed by atoms with Crippen LogP contribution in [0.1, 0.15) is 53.1 Å². The Hall–Kier alpha value is -4.12. The molecule has 0 spiro atoms. The molecule has 0 atom stereocenters. The van der Waals surface area contributed by atoms with Crippen LogP contribution in [-0.4, -0.2) is 71.2 Å². The number of hydrogen-bond donors (Lipinski definition) is 2. The average Bonchev–Trinajstić information content (AvgIpc) is 3.58. The van der Waals surface area contributed by atoms with Gasteiger partial charge in [0.15, 0.2) is 0 Å². The largest absolute Gasteiger partial charge is 0.351 e. The van der Waals surface area contributed by atoms with Gasteiger partial charge in [-0.15, -0.1) is 0 Å². The van der Waals surface area contributed by atoms with Crippen molar-refractivity contribution in [1.29, 1.82) is 0 Å². The average molecular weight is 502 g/mol. The van der Waals surface area contributed by atoms with Gasteiger partial charge in [-0.05, 0) is 46.2 Å². The van der Waals surface area contributed by atoms with E-state index in [1.165, 1.54) is 25.2 Å². The van der Waals surface area contributed by atoms with Gasteiger partial charge in [0, 0.05) is 43.6 Å². The predicted octanol–water partition coefficient (Wildman–Crippen LogP) is 2.69. The number of carbonyl (C=O) groups is 2. The number of nitrogens with one attached hydrogen (secondary N) is 2. The van der Waals surface area contributed by atoms with Crippen molar-refractivity contribution in [3.8, 4) is 11.3 Å². The molecule has 1 aliphatic rings. The van der Waals surface area contributed by atoms with Gasteiger partial charge in [-0.1, -0.05) is 0 Å². The molecule has 5 rings (SSSR count). The van der Waals surface area contributed by atoms with Gasteiger partial charge < -0.3 is 10.6 Å². The van der Waals surface area contributed by atoms with E-state index in [0.29, 0.717) is 40.3 Å². The Bertz CT molecular complexity index is 1470. The lowest BCUT2D eigenvalue weighted by molar-refractivity contribution is 0.0938. The maximum absolute atomic E-state index is 13.1. The highest BCUT2D eigenvalue weighted by molar-refractivity contribution is 6.09. The van der Waals surface area contributed by atoms with Crippen molar-refractivity contribution in [2.24, 2.45) is 7.05 Å². The van der Waals surface area contributed by atoms with Gasteiger partial charge in [-0.25, -0.2) is 4.52 Å². The van der Waals surface area contributed by atoms with Gasteiger partial charge in [0.1, 0.15) is 0 Å². The summed E-state index contributed by atoms with van der Waals surface area (Å²) in [5.74, 6) is -0.576. The highest BCUT2D eigenvalue weighted by Crippen LogP contribution is 2.27. The Kier molecular flexibility index (Phi) is 6.46. The summed E-state index contributed by atoms with van der Waals surface area (Å²) in [4.78, 5) is 37.1. The molecule has 2 amide bonds. The summed E-state index contributed by atoms with van der Waals surface area (Å²) in [7, 11) is 1.84. The molecule has 0 unspecified atom stereocenters. The van der Waals surface area contributed by atoms with Crippen LogP contribution in [0.4, 0.5) is 5.69 Å². The lowest BCUT2D eigenvalue weighted by Crippen LogP contribution is -2.43. The van der Waals surface area contributed by atoms with E-state index in [1.807, 2.05) is 13.2 Å². The first-order valence-electron chi connectivity index (χ1n) is 12.3.